The quantitative estimate of drug-likeness (QED) is 0.575. The first-order valence-corrected chi connectivity index (χ1v) is 2.88. The molecule has 2 heteroatoms. The Kier molecular flexibility index (Phi) is 4.89. The van der Waals surface area contributed by atoms with Crippen LogP contribution in [0.1, 0.15) is 0 Å². The second-order valence-corrected chi connectivity index (χ2v) is 1.90. The molecule has 1 aliphatic rings. The minimum atomic E-state index is 0. The fraction of sp³-hybridized carbons (Fsp3) is 0.333. The molecule has 0 aromatic heterocycles. The first kappa shape index (κ1) is 8.65. The van der Waals surface area contributed by atoms with Crippen LogP contribution in [-0.2, 0) is 26.2 Å². The van der Waals surface area contributed by atoms with E-state index in [1.807, 2.05) is 12.2 Å². The normalized spacial score (nSPS) is 16.6. The maximum Gasteiger partial charge on any atom is 0.0321 e. The number of halogens is 1. The molecule has 0 amide bonds. The summed E-state index contributed by atoms with van der Waals surface area (Å²) in [6.07, 6.45) is 8.22. The summed E-state index contributed by atoms with van der Waals surface area (Å²) < 4.78 is 0. The molecule has 0 N–H and O–H groups in total. The van der Waals surface area contributed by atoms with Crippen LogP contribution in [0.25, 0.3) is 0 Å². The van der Waals surface area contributed by atoms with Crippen LogP contribution >= 0.6 is 11.6 Å². The van der Waals surface area contributed by atoms with Gasteiger partial charge in [0, 0.05) is 38.0 Å². The van der Waals surface area contributed by atoms with Gasteiger partial charge in [-0.15, -0.1) is 11.6 Å². The molecule has 1 rings (SSSR count). The summed E-state index contributed by atoms with van der Waals surface area (Å²) in [7, 11) is 0. The maximum absolute atomic E-state index is 5.51. The molecule has 42 valence electrons. The largest absolute Gasteiger partial charge is 0.126 e. The summed E-state index contributed by atoms with van der Waals surface area (Å²) in [5.74, 6) is 1.22. The SMILES string of the molecule is ClCC1C=CC=C1.[Zr]. The molecule has 0 saturated heterocycles. The van der Waals surface area contributed by atoms with Gasteiger partial charge in [-0.3, -0.25) is 0 Å². The predicted molar refractivity (Wildman–Crippen MR) is 32.5 cm³/mol. The number of hydrogen-bond acceptors (Lipinski definition) is 0. The summed E-state index contributed by atoms with van der Waals surface area (Å²) in [6, 6.07) is 0. The van der Waals surface area contributed by atoms with Crippen molar-refractivity contribution in [1.82, 2.24) is 0 Å². The van der Waals surface area contributed by atoms with E-state index < -0.39 is 0 Å². The second-order valence-electron chi connectivity index (χ2n) is 1.59. The Balaban J connectivity index is 0.000000490. The molecule has 0 fully saturated rings. The topological polar surface area (TPSA) is 0 Å². The van der Waals surface area contributed by atoms with Crippen LogP contribution in [0.2, 0.25) is 0 Å². The monoisotopic (exact) mass is 204 g/mol. The molecule has 0 radical (unpaired) electrons. The molecule has 0 aromatic carbocycles. The molecular weight excluding hydrogens is 199 g/mol. The van der Waals surface area contributed by atoms with Gasteiger partial charge in [0.15, 0.2) is 0 Å². The van der Waals surface area contributed by atoms with Crippen molar-refractivity contribution in [2.24, 2.45) is 5.92 Å². The van der Waals surface area contributed by atoms with E-state index in [1.54, 1.807) is 0 Å². The Hall–Kier alpha value is 0.653. The van der Waals surface area contributed by atoms with Gasteiger partial charge < -0.3 is 0 Å². The fourth-order valence-corrected chi connectivity index (χ4v) is 0.786. The van der Waals surface area contributed by atoms with Crippen molar-refractivity contribution in [2.45, 2.75) is 0 Å². The third-order valence-electron chi connectivity index (χ3n) is 1.01. The molecule has 0 heterocycles. The third-order valence-corrected chi connectivity index (χ3v) is 1.36. The zero-order chi connectivity index (χ0) is 5.11. The summed E-state index contributed by atoms with van der Waals surface area (Å²) >= 11 is 5.51. The zero-order valence-electron chi connectivity index (χ0n) is 4.47. The van der Waals surface area contributed by atoms with Crippen LogP contribution in [0, 0.1) is 5.92 Å². The van der Waals surface area contributed by atoms with E-state index in [2.05, 4.69) is 12.2 Å². The number of rotatable bonds is 1. The van der Waals surface area contributed by atoms with Crippen molar-refractivity contribution in [3.8, 4) is 0 Å². The summed E-state index contributed by atoms with van der Waals surface area (Å²) in [5, 5.41) is 0. The van der Waals surface area contributed by atoms with Gasteiger partial charge in [-0.05, 0) is 0 Å². The molecular formula is C6H7ClZr. The summed E-state index contributed by atoms with van der Waals surface area (Å²) in [6.45, 7) is 0. The third kappa shape index (κ3) is 2.28. The zero-order valence-corrected chi connectivity index (χ0v) is 7.69. The van der Waals surface area contributed by atoms with E-state index in [0.29, 0.717) is 11.8 Å². The summed E-state index contributed by atoms with van der Waals surface area (Å²) in [4.78, 5) is 0. The maximum atomic E-state index is 5.51. The second kappa shape index (κ2) is 4.52. The van der Waals surface area contributed by atoms with Crippen molar-refractivity contribution in [2.75, 3.05) is 5.88 Å². The van der Waals surface area contributed by atoms with Gasteiger partial charge in [-0.25, -0.2) is 0 Å². The Morgan fingerprint density at radius 1 is 1.25 bits per heavy atom. The van der Waals surface area contributed by atoms with Crippen LogP contribution < -0.4 is 0 Å². The standard InChI is InChI=1S/C6H7Cl.Zr/c7-5-6-3-1-2-4-6;/h1-4,6H,5H2;. The molecule has 0 aliphatic heterocycles. The Bertz CT molecular complexity index is 95.1. The molecule has 0 unspecified atom stereocenters. The Labute approximate surface area is 73.7 Å². The van der Waals surface area contributed by atoms with E-state index in [9.17, 15) is 0 Å². The van der Waals surface area contributed by atoms with E-state index >= 15 is 0 Å². The van der Waals surface area contributed by atoms with Gasteiger partial charge >= 0.3 is 0 Å². The molecule has 0 aromatic rings. The van der Waals surface area contributed by atoms with Gasteiger partial charge in [0.2, 0.25) is 0 Å². The molecule has 0 nitrogen and oxygen atoms in total. The van der Waals surface area contributed by atoms with Crippen LogP contribution in [-0.4, -0.2) is 5.88 Å². The Morgan fingerprint density at radius 3 is 2.00 bits per heavy atom. The predicted octanol–water partition coefficient (Wildman–Crippen LogP) is 1.96. The van der Waals surface area contributed by atoms with Crippen LogP contribution in [0.5, 0.6) is 0 Å². The molecule has 0 spiro atoms. The minimum absolute atomic E-state index is 0. The van der Waals surface area contributed by atoms with Crippen molar-refractivity contribution in [3.63, 3.8) is 0 Å². The molecule has 0 saturated carbocycles. The first-order valence-electron chi connectivity index (χ1n) is 2.34. The molecule has 8 heavy (non-hydrogen) atoms. The van der Waals surface area contributed by atoms with Crippen LogP contribution in [0.4, 0.5) is 0 Å². The molecule has 0 bridgehead atoms. The van der Waals surface area contributed by atoms with Gasteiger partial charge in [-0.1, -0.05) is 24.3 Å². The van der Waals surface area contributed by atoms with Gasteiger partial charge in [0.05, 0.1) is 0 Å². The van der Waals surface area contributed by atoms with Gasteiger partial charge in [0.25, 0.3) is 0 Å². The van der Waals surface area contributed by atoms with E-state index in [1.165, 1.54) is 0 Å². The average Bonchev–Trinajstić information content (AvgIpc) is 2.14. The number of allylic oxidation sites excluding steroid dienone is 4. The minimum Gasteiger partial charge on any atom is -0.126 e. The fourth-order valence-electron chi connectivity index (χ4n) is 0.581. The smallest absolute Gasteiger partial charge is 0.0321 e. The average molecular weight is 206 g/mol. The number of alkyl halides is 1. The first-order chi connectivity index (χ1) is 3.43. The van der Waals surface area contributed by atoms with Crippen molar-refractivity contribution >= 4 is 11.6 Å². The van der Waals surface area contributed by atoms with Crippen LogP contribution in [0.3, 0.4) is 0 Å². The van der Waals surface area contributed by atoms with Crippen molar-refractivity contribution < 1.29 is 26.2 Å². The van der Waals surface area contributed by atoms with E-state index in [-0.39, 0.29) is 26.2 Å². The van der Waals surface area contributed by atoms with Gasteiger partial charge in [0.1, 0.15) is 0 Å². The molecule has 0 atom stereocenters. The molecule has 1 aliphatic carbocycles. The summed E-state index contributed by atoms with van der Waals surface area (Å²) in [5.41, 5.74) is 0. The van der Waals surface area contributed by atoms with E-state index in [0.717, 1.165) is 0 Å². The van der Waals surface area contributed by atoms with E-state index in [4.69, 9.17) is 11.6 Å². The van der Waals surface area contributed by atoms with Crippen molar-refractivity contribution in [3.05, 3.63) is 24.3 Å². The Morgan fingerprint density at radius 2 is 1.75 bits per heavy atom. The van der Waals surface area contributed by atoms with Crippen molar-refractivity contribution in [1.29, 1.82) is 0 Å². The van der Waals surface area contributed by atoms with Crippen LogP contribution in [0.15, 0.2) is 24.3 Å². The van der Waals surface area contributed by atoms with Gasteiger partial charge in [-0.2, -0.15) is 0 Å². The number of hydrogen-bond donors (Lipinski definition) is 0.